The van der Waals surface area contributed by atoms with Crippen molar-refractivity contribution in [2.45, 2.75) is 63.6 Å². The molecule has 0 spiro atoms. The number of nitrogens with two attached hydrogens (primary N) is 1. The van der Waals surface area contributed by atoms with Gasteiger partial charge >= 0.3 is 0 Å². The summed E-state index contributed by atoms with van der Waals surface area (Å²) in [5, 5.41) is 10.8. The molecule has 2 fully saturated rings. The first-order chi connectivity index (χ1) is 9.99. The van der Waals surface area contributed by atoms with Crippen LogP contribution in [0.25, 0.3) is 0 Å². The number of rotatable bonds is 3. The van der Waals surface area contributed by atoms with Crippen LogP contribution in [0.5, 0.6) is 0 Å². The molecule has 3 N–H and O–H groups in total. The summed E-state index contributed by atoms with van der Waals surface area (Å²) in [7, 11) is 0. The van der Waals surface area contributed by atoms with Gasteiger partial charge in [-0.2, -0.15) is 0 Å². The number of hydrogen-bond donors (Lipinski definition) is 2. The molecule has 0 amide bonds. The number of nitrogens with zero attached hydrogens (tertiary/aromatic N) is 1. The van der Waals surface area contributed by atoms with Crippen molar-refractivity contribution >= 4 is 0 Å². The van der Waals surface area contributed by atoms with Crippen LogP contribution in [0.4, 0.5) is 0 Å². The smallest absolute Gasteiger partial charge is 0.122 e. The molecule has 21 heavy (non-hydrogen) atoms. The zero-order chi connectivity index (χ0) is 15.0. The van der Waals surface area contributed by atoms with Crippen LogP contribution in [-0.2, 0) is 0 Å². The fraction of sp³-hybridized carbons (Fsp3) is 0.765. The molecule has 118 valence electrons. The summed E-state index contributed by atoms with van der Waals surface area (Å²) in [4.78, 5) is 2.42. The van der Waals surface area contributed by atoms with Crippen molar-refractivity contribution in [3.8, 4) is 0 Å². The van der Waals surface area contributed by atoms with E-state index >= 15 is 0 Å². The van der Waals surface area contributed by atoms with Crippen LogP contribution in [-0.4, -0.2) is 34.7 Å². The molecule has 2 aliphatic rings. The van der Waals surface area contributed by atoms with Gasteiger partial charge in [0.2, 0.25) is 0 Å². The maximum atomic E-state index is 10.8. The van der Waals surface area contributed by atoms with Crippen molar-refractivity contribution in [1.29, 1.82) is 0 Å². The van der Waals surface area contributed by atoms with Crippen molar-refractivity contribution in [2.75, 3.05) is 13.1 Å². The fourth-order valence-corrected chi connectivity index (χ4v) is 4.23. The molecule has 1 aromatic rings. The Bertz CT molecular complexity index is 485. The van der Waals surface area contributed by atoms with Crippen LogP contribution in [0, 0.1) is 12.8 Å². The van der Waals surface area contributed by atoms with E-state index in [2.05, 4.69) is 4.90 Å². The normalized spacial score (nSPS) is 33.4. The Morgan fingerprint density at radius 2 is 2.19 bits per heavy atom. The third-order valence-corrected chi connectivity index (χ3v) is 5.40. The Balaban J connectivity index is 1.78. The zero-order valence-electron chi connectivity index (χ0n) is 13.2. The van der Waals surface area contributed by atoms with Gasteiger partial charge in [0.05, 0.1) is 11.6 Å². The van der Waals surface area contributed by atoms with Crippen LogP contribution in [0.15, 0.2) is 16.5 Å². The minimum atomic E-state index is -0.434. The van der Waals surface area contributed by atoms with Gasteiger partial charge in [-0.1, -0.05) is 12.8 Å². The molecule has 0 bridgehead atoms. The minimum absolute atomic E-state index is 0.0188. The first-order valence-electron chi connectivity index (χ1n) is 8.28. The molecule has 4 heteroatoms. The van der Waals surface area contributed by atoms with Gasteiger partial charge in [0.1, 0.15) is 11.5 Å². The Hall–Kier alpha value is -0.840. The summed E-state index contributed by atoms with van der Waals surface area (Å²) in [6, 6.07) is 4.19. The first kappa shape index (κ1) is 15.1. The third-order valence-electron chi connectivity index (χ3n) is 5.40. The van der Waals surface area contributed by atoms with Gasteiger partial charge < -0.3 is 15.3 Å². The number of piperidine rings is 1. The van der Waals surface area contributed by atoms with Gasteiger partial charge in [-0.15, -0.1) is 0 Å². The molecule has 4 unspecified atom stereocenters. The van der Waals surface area contributed by atoms with Gasteiger partial charge in [0.15, 0.2) is 0 Å². The molecule has 1 aromatic heterocycles. The maximum Gasteiger partial charge on any atom is 0.122 e. The van der Waals surface area contributed by atoms with E-state index in [0.717, 1.165) is 43.9 Å². The average Bonchev–Trinajstić information content (AvgIpc) is 2.85. The van der Waals surface area contributed by atoms with E-state index in [1.807, 2.05) is 26.0 Å². The SMILES string of the molecule is Cc1ccc(C(C(C)N)N2CCC3(O)CCCCC3C2)o1. The molecule has 3 rings (SSSR count). The number of aryl methyl sites for hydroxylation is 1. The molecular formula is C17H28N2O2. The molecule has 1 saturated carbocycles. The standard InChI is InChI=1S/C17H28N2O2/c1-12-6-7-15(21-12)16(13(2)18)19-10-9-17(20)8-4-3-5-14(17)11-19/h6-7,13-14,16,20H,3-5,8-11,18H2,1-2H3. The molecule has 1 aliphatic heterocycles. The third kappa shape index (κ3) is 2.89. The minimum Gasteiger partial charge on any atom is -0.465 e. The lowest BCUT2D eigenvalue weighted by Gasteiger charge is -2.49. The largest absolute Gasteiger partial charge is 0.465 e. The molecule has 2 heterocycles. The first-order valence-corrected chi connectivity index (χ1v) is 8.28. The molecule has 4 nitrogen and oxygen atoms in total. The second-order valence-corrected chi connectivity index (χ2v) is 7.04. The second kappa shape index (κ2) is 5.75. The highest BCUT2D eigenvalue weighted by Gasteiger charge is 2.44. The Morgan fingerprint density at radius 3 is 2.86 bits per heavy atom. The van der Waals surface area contributed by atoms with Crippen molar-refractivity contribution < 1.29 is 9.52 Å². The van der Waals surface area contributed by atoms with Gasteiger partial charge in [-0.25, -0.2) is 0 Å². The molecule has 0 aromatic carbocycles. The van der Waals surface area contributed by atoms with E-state index in [4.69, 9.17) is 10.2 Å². The Morgan fingerprint density at radius 1 is 1.38 bits per heavy atom. The van der Waals surface area contributed by atoms with Crippen LogP contribution in [0.1, 0.15) is 56.6 Å². The Kier molecular flexibility index (Phi) is 4.12. The van der Waals surface area contributed by atoms with Crippen molar-refractivity contribution in [3.05, 3.63) is 23.7 Å². The van der Waals surface area contributed by atoms with Crippen molar-refractivity contribution in [2.24, 2.45) is 11.7 Å². The van der Waals surface area contributed by atoms with Crippen molar-refractivity contribution in [1.82, 2.24) is 4.90 Å². The quantitative estimate of drug-likeness (QED) is 0.899. The van der Waals surface area contributed by atoms with E-state index in [1.54, 1.807) is 0 Å². The monoisotopic (exact) mass is 292 g/mol. The number of aliphatic hydroxyl groups is 1. The van der Waals surface area contributed by atoms with Gasteiger partial charge in [0, 0.05) is 25.0 Å². The van der Waals surface area contributed by atoms with Crippen molar-refractivity contribution in [3.63, 3.8) is 0 Å². The van der Waals surface area contributed by atoms with E-state index < -0.39 is 5.60 Å². The summed E-state index contributed by atoms with van der Waals surface area (Å²) in [6.45, 7) is 5.85. The summed E-state index contributed by atoms with van der Waals surface area (Å²) >= 11 is 0. The summed E-state index contributed by atoms with van der Waals surface area (Å²) in [5.41, 5.74) is 5.81. The lowest BCUT2D eigenvalue weighted by atomic mass is 9.71. The molecule has 4 atom stereocenters. The molecular weight excluding hydrogens is 264 g/mol. The highest BCUT2D eigenvalue weighted by molar-refractivity contribution is 5.13. The lowest BCUT2D eigenvalue weighted by molar-refractivity contribution is -0.105. The van der Waals surface area contributed by atoms with E-state index in [0.29, 0.717) is 5.92 Å². The van der Waals surface area contributed by atoms with Gasteiger partial charge in [-0.3, -0.25) is 4.90 Å². The second-order valence-electron chi connectivity index (χ2n) is 7.04. The highest BCUT2D eigenvalue weighted by atomic mass is 16.3. The average molecular weight is 292 g/mol. The van der Waals surface area contributed by atoms with E-state index in [1.165, 1.54) is 12.8 Å². The number of fused-ring (bicyclic) bond motifs is 1. The fourth-order valence-electron chi connectivity index (χ4n) is 4.23. The van der Waals surface area contributed by atoms with Gasteiger partial charge in [-0.05, 0) is 45.2 Å². The summed E-state index contributed by atoms with van der Waals surface area (Å²) < 4.78 is 5.84. The lowest BCUT2D eigenvalue weighted by Crippen LogP contribution is -2.55. The molecule has 1 saturated heterocycles. The van der Waals surface area contributed by atoms with E-state index in [-0.39, 0.29) is 12.1 Å². The zero-order valence-corrected chi connectivity index (χ0v) is 13.2. The van der Waals surface area contributed by atoms with Crippen LogP contribution in [0.3, 0.4) is 0 Å². The number of hydrogen-bond acceptors (Lipinski definition) is 4. The topological polar surface area (TPSA) is 62.6 Å². The maximum absolute atomic E-state index is 10.8. The van der Waals surface area contributed by atoms with E-state index in [9.17, 15) is 5.11 Å². The highest BCUT2D eigenvalue weighted by Crippen LogP contribution is 2.42. The Labute approximate surface area is 127 Å². The summed E-state index contributed by atoms with van der Waals surface area (Å²) in [5.74, 6) is 2.28. The van der Waals surface area contributed by atoms with Crippen LogP contribution >= 0.6 is 0 Å². The van der Waals surface area contributed by atoms with Gasteiger partial charge in [0.25, 0.3) is 0 Å². The summed E-state index contributed by atoms with van der Waals surface area (Å²) in [6.07, 6.45) is 5.37. The number of likely N-dealkylation sites (tertiary alicyclic amines) is 1. The van der Waals surface area contributed by atoms with Crippen LogP contribution < -0.4 is 5.73 Å². The van der Waals surface area contributed by atoms with Crippen LogP contribution in [0.2, 0.25) is 0 Å². The number of furan rings is 1. The predicted molar refractivity (Wildman–Crippen MR) is 82.9 cm³/mol. The molecule has 0 radical (unpaired) electrons. The molecule has 1 aliphatic carbocycles. The predicted octanol–water partition coefficient (Wildman–Crippen LogP) is 2.60.